The third-order valence-electron chi connectivity index (χ3n) is 5.72. The van der Waals surface area contributed by atoms with Crippen molar-refractivity contribution in [3.8, 4) is 17.1 Å². The third-order valence-corrected chi connectivity index (χ3v) is 5.72. The van der Waals surface area contributed by atoms with Gasteiger partial charge in [0.05, 0.1) is 6.20 Å². The SMILES string of the molecule is CCCCCc1ccc(C(=O)Nc2cnc(-c3ccc(OCC(=O)N(CC)CC)cc3)[nH]2)cc1. The molecule has 7 heteroatoms. The number of ether oxygens (including phenoxy) is 1. The molecule has 7 nitrogen and oxygen atoms in total. The van der Waals surface area contributed by atoms with E-state index in [1.54, 1.807) is 23.2 Å². The molecule has 2 amide bonds. The minimum Gasteiger partial charge on any atom is -0.484 e. The molecule has 0 atom stereocenters. The summed E-state index contributed by atoms with van der Waals surface area (Å²) in [5.41, 5.74) is 2.70. The van der Waals surface area contributed by atoms with Crippen LogP contribution in [-0.2, 0) is 11.2 Å². The van der Waals surface area contributed by atoms with Crippen LogP contribution in [0.4, 0.5) is 5.82 Å². The quantitative estimate of drug-likeness (QED) is 0.357. The van der Waals surface area contributed by atoms with Gasteiger partial charge in [0.15, 0.2) is 6.61 Å². The fraction of sp³-hybridized carbons (Fsp3) is 0.370. The number of H-pyrrole nitrogens is 1. The summed E-state index contributed by atoms with van der Waals surface area (Å²) >= 11 is 0. The Balaban J connectivity index is 1.54. The molecule has 3 rings (SSSR count). The highest BCUT2D eigenvalue weighted by molar-refractivity contribution is 6.03. The molecule has 0 spiro atoms. The van der Waals surface area contributed by atoms with E-state index in [1.807, 2.05) is 50.2 Å². The summed E-state index contributed by atoms with van der Waals surface area (Å²) in [6.45, 7) is 7.43. The van der Waals surface area contributed by atoms with Gasteiger partial charge in [-0.1, -0.05) is 31.9 Å². The highest BCUT2D eigenvalue weighted by atomic mass is 16.5. The number of rotatable bonds is 12. The molecule has 3 aromatic rings. The fourth-order valence-electron chi connectivity index (χ4n) is 3.65. The lowest BCUT2D eigenvalue weighted by Crippen LogP contribution is -2.34. The number of amides is 2. The van der Waals surface area contributed by atoms with Gasteiger partial charge in [0.25, 0.3) is 11.8 Å². The maximum Gasteiger partial charge on any atom is 0.260 e. The number of unbranched alkanes of at least 4 members (excludes halogenated alkanes) is 2. The normalized spacial score (nSPS) is 10.7. The smallest absolute Gasteiger partial charge is 0.260 e. The van der Waals surface area contributed by atoms with E-state index in [-0.39, 0.29) is 18.4 Å². The number of aromatic amines is 1. The average Bonchev–Trinajstić information content (AvgIpc) is 3.33. The number of benzene rings is 2. The average molecular weight is 463 g/mol. The van der Waals surface area contributed by atoms with Crippen LogP contribution in [0.3, 0.4) is 0 Å². The fourth-order valence-corrected chi connectivity index (χ4v) is 3.65. The van der Waals surface area contributed by atoms with Crippen LogP contribution in [0.15, 0.2) is 54.7 Å². The van der Waals surface area contributed by atoms with Crippen molar-refractivity contribution < 1.29 is 14.3 Å². The Morgan fingerprint density at radius 2 is 1.68 bits per heavy atom. The third kappa shape index (κ3) is 6.94. The van der Waals surface area contributed by atoms with Crippen LogP contribution < -0.4 is 10.1 Å². The standard InChI is InChI=1S/C27H34N4O3/c1-4-7-8-9-20-10-12-22(13-11-20)27(33)30-24-18-28-26(29-24)21-14-16-23(17-15-21)34-19-25(32)31(5-2)6-3/h10-18H,4-9,19H2,1-3H3,(H,28,29)(H,30,33). The maximum absolute atomic E-state index is 12.6. The monoisotopic (exact) mass is 462 g/mol. The molecule has 0 fully saturated rings. The van der Waals surface area contributed by atoms with E-state index in [4.69, 9.17) is 4.74 Å². The van der Waals surface area contributed by atoms with Gasteiger partial charge < -0.3 is 19.9 Å². The highest BCUT2D eigenvalue weighted by Crippen LogP contribution is 2.21. The molecule has 0 saturated carbocycles. The van der Waals surface area contributed by atoms with Gasteiger partial charge in [-0.2, -0.15) is 0 Å². The Morgan fingerprint density at radius 3 is 2.32 bits per heavy atom. The van der Waals surface area contributed by atoms with E-state index >= 15 is 0 Å². The van der Waals surface area contributed by atoms with Crippen LogP contribution in [-0.4, -0.2) is 46.4 Å². The predicted molar refractivity (Wildman–Crippen MR) is 135 cm³/mol. The molecular weight excluding hydrogens is 428 g/mol. The van der Waals surface area contributed by atoms with Crippen LogP contribution in [0.2, 0.25) is 0 Å². The van der Waals surface area contributed by atoms with Crippen LogP contribution in [0.5, 0.6) is 5.75 Å². The van der Waals surface area contributed by atoms with Crippen molar-refractivity contribution in [2.24, 2.45) is 0 Å². The zero-order valence-corrected chi connectivity index (χ0v) is 20.3. The first-order valence-electron chi connectivity index (χ1n) is 12.0. The summed E-state index contributed by atoms with van der Waals surface area (Å²) in [5, 5.41) is 2.86. The van der Waals surface area contributed by atoms with Crippen LogP contribution >= 0.6 is 0 Å². The molecule has 0 aliphatic heterocycles. The van der Waals surface area contributed by atoms with Gasteiger partial charge in [-0.25, -0.2) is 4.98 Å². The zero-order valence-electron chi connectivity index (χ0n) is 20.3. The molecule has 0 aliphatic carbocycles. The van der Waals surface area contributed by atoms with Crippen molar-refractivity contribution in [2.45, 2.75) is 46.5 Å². The lowest BCUT2D eigenvalue weighted by Gasteiger charge is -2.18. The molecule has 0 saturated heterocycles. The molecule has 0 aliphatic rings. The molecule has 1 heterocycles. The van der Waals surface area contributed by atoms with E-state index in [2.05, 4.69) is 22.2 Å². The summed E-state index contributed by atoms with van der Waals surface area (Å²) in [4.78, 5) is 33.9. The minimum absolute atomic E-state index is 0.0116. The molecule has 0 unspecified atom stereocenters. The highest BCUT2D eigenvalue weighted by Gasteiger charge is 2.12. The summed E-state index contributed by atoms with van der Waals surface area (Å²) < 4.78 is 5.61. The molecular formula is C27H34N4O3. The molecule has 34 heavy (non-hydrogen) atoms. The van der Waals surface area contributed by atoms with E-state index < -0.39 is 0 Å². The molecule has 0 bridgehead atoms. The Kier molecular flexibility index (Phi) is 9.26. The largest absolute Gasteiger partial charge is 0.484 e. The van der Waals surface area contributed by atoms with Gasteiger partial charge in [-0.15, -0.1) is 0 Å². The number of hydrogen-bond donors (Lipinski definition) is 2. The van der Waals surface area contributed by atoms with Gasteiger partial charge in [0, 0.05) is 24.2 Å². The van der Waals surface area contributed by atoms with Gasteiger partial charge in [0.1, 0.15) is 17.4 Å². The molecule has 1 aromatic heterocycles. The zero-order chi connectivity index (χ0) is 24.3. The lowest BCUT2D eigenvalue weighted by molar-refractivity contribution is -0.132. The van der Waals surface area contributed by atoms with Crippen LogP contribution in [0.25, 0.3) is 11.4 Å². The Morgan fingerprint density at radius 1 is 0.971 bits per heavy atom. The van der Waals surface area contributed by atoms with Crippen molar-refractivity contribution in [1.82, 2.24) is 14.9 Å². The predicted octanol–water partition coefficient (Wildman–Crippen LogP) is 5.31. The van der Waals surface area contributed by atoms with Crippen LogP contribution in [0, 0.1) is 0 Å². The summed E-state index contributed by atoms with van der Waals surface area (Å²) in [6, 6.07) is 15.1. The number of nitrogens with one attached hydrogen (secondary N) is 2. The van der Waals surface area contributed by atoms with Gasteiger partial charge in [-0.3, -0.25) is 9.59 Å². The molecule has 0 radical (unpaired) electrons. The van der Waals surface area contributed by atoms with Gasteiger partial charge in [-0.05, 0) is 68.7 Å². The first-order valence-corrected chi connectivity index (χ1v) is 12.0. The van der Waals surface area contributed by atoms with E-state index in [1.165, 1.54) is 24.8 Å². The number of imidazole rings is 1. The Hall–Kier alpha value is -3.61. The second-order valence-electron chi connectivity index (χ2n) is 8.13. The first-order chi connectivity index (χ1) is 16.5. The van der Waals surface area contributed by atoms with E-state index in [9.17, 15) is 9.59 Å². The summed E-state index contributed by atoms with van der Waals surface area (Å²) in [6.07, 6.45) is 6.22. The first kappa shape index (κ1) is 25.0. The number of hydrogen-bond acceptors (Lipinski definition) is 4. The Bertz CT molecular complexity index is 1050. The molecule has 180 valence electrons. The molecule has 2 N–H and O–H groups in total. The summed E-state index contributed by atoms with van der Waals surface area (Å²) in [7, 11) is 0. The number of carbonyl (C=O) groups excluding carboxylic acids is 2. The molecule has 2 aromatic carbocycles. The number of nitrogens with zero attached hydrogens (tertiary/aromatic N) is 2. The summed E-state index contributed by atoms with van der Waals surface area (Å²) in [5.74, 6) is 1.55. The van der Waals surface area contributed by atoms with Crippen LogP contribution in [0.1, 0.15) is 56.0 Å². The number of anilines is 1. The number of likely N-dealkylation sites (N-methyl/N-ethyl adjacent to an activating group) is 1. The second kappa shape index (κ2) is 12.6. The topological polar surface area (TPSA) is 87.3 Å². The number of aromatic nitrogens is 2. The van der Waals surface area contributed by atoms with Gasteiger partial charge in [0.2, 0.25) is 0 Å². The lowest BCUT2D eigenvalue weighted by atomic mass is 10.1. The van der Waals surface area contributed by atoms with Crippen molar-refractivity contribution in [1.29, 1.82) is 0 Å². The number of carbonyl (C=O) groups is 2. The number of aryl methyl sites for hydroxylation is 1. The van der Waals surface area contributed by atoms with Gasteiger partial charge >= 0.3 is 0 Å². The van der Waals surface area contributed by atoms with Crippen molar-refractivity contribution in [3.05, 3.63) is 65.9 Å². The minimum atomic E-state index is -0.183. The van der Waals surface area contributed by atoms with Crippen molar-refractivity contribution >= 4 is 17.6 Å². The van der Waals surface area contributed by atoms with E-state index in [0.717, 1.165) is 12.0 Å². The Labute approximate surface area is 201 Å². The maximum atomic E-state index is 12.6. The second-order valence-corrected chi connectivity index (χ2v) is 8.13. The van der Waals surface area contributed by atoms with E-state index in [0.29, 0.717) is 36.0 Å². The van der Waals surface area contributed by atoms with Crippen molar-refractivity contribution in [2.75, 3.05) is 25.0 Å². The van der Waals surface area contributed by atoms with Crippen molar-refractivity contribution in [3.63, 3.8) is 0 Å².